The minimum absolute atomic E-state index is 0.0569. The Kier molecular flexibility index (Phi) is 11.5. The number of carbonyl (C=O) groups is 3. The number of hydrogen-bond donors (Lipinski definition) is 3. The van der Waals surface area contributed by atoms with Gasteiger partial charge in [0.1, 0.15) is 6.04 Å². The second kappa shape index (κ2) is 14.8. The van der Waals surface area contributed by atoms with Crippen LogP contribution in [-0.4, -0.2) is 71.0 Å². The number of carbonyl (C=O) groups excluding carboxylic acids is 2. The van der Waals surface area contributed by atoms with Crippen molar-refractivity contribution in [1.82, 2.24) is 15.1 Å². The van der Waals surface area contributed by atoms with E-state index in [2.05, 4.69) is 22.3 Å². The predicted molar refractivity (Wildman–Crippen MR) is 144 cm³/mol. The molecule has 2 aromatic rings. The van der Waals surface area contributed by atoms with Gasteiger partial charge in [0.05, 0.1) is 5.56 Å². The molecule has 0 radical (unpaired) electrons. The third-order valence-electron chi connectivity index (χ3n) is 7.32. The minimum Gasteiger partial charge on any atom is -0.481 e. The number of nitrogens with zero attached hydrogens (tertiary/aromatic N) is 2. The lowest BCUT2D eigenvalue weighted by Crippen LogP contribution is -2.48. The van der Waals surface area contributed by atoms with Gasteiger partial charge < -0.3 is 21.1 Å². The number of benzene rings is 2. The molecule has 1 saturated heterocycles. The summed E-state index contributed by atoms with van der Waals surface area (Å²) < 4.78 is 38.5. The summed E-state index contributed by atoms with van der Waals surface area (Å²) in [4.78, 5) is 40.1. The van der Waals surface area contributed by atoms with E-state index in [1.807, 2.05) is 18.2 Å². The van der Waals surface area contributed by atoms with E-state index < -0.39 is 29.7 Å². The van der Waals surface area contributed by atoms with Crippen LogP contribution in [0.15, 0.2) is 54.6 Å². The molecule has 1 aliphatic rings. The zero-order chi connectivity index (χ0) is 29.1. The van der Waals surface area contributed by atoms with Crippen LogP contribution in [0.5, 0.6) is 0 Å². The first-order valence-electron chi connectivity index (χ1n) is 13.5. The molecule has 1 fully saturated rings. The molecule has 8 nitrogen and oxygen atoms in total. The summed E-state index contributed by atoms with van der Waals surface area (Å²) in [6, 6.07) is 13.6. The normalized spacial score (nSPS) is 17.2. The summed E-state index contributed by atoms with van der Waals surface area (Å²) in [5.74, 6) is -1.66. The predicted octanol–water partition coefficient (Wildman–Crippen LogP) is 3.44. The topological polar surface area (TPSA) is 116 Å². The largest absolute Gasteiger partial charge is 0.481 e. The molecule has 3 rings (SSSR count). The SMILES string of the molecule is NC1CCN(C(CCc2ccccc2)CCN(C=O)[C@H](CCC(=O)O)C(=O)NCc2ccc(C(F)(F)F)cc2)C1. The van der Waals surface area contributed by atoms with Crippen molar-refractivity contribution < 1.29 is 32.7 Å². The summed E-state index contributed by atoms with van der Waals surface area (Å²) in [6.07, 6.45) is -1.17. The molecule has 2 aromatic carbocycles. The smallest absolute Gasteiger partial charge is 0.416 e. The highest BCUT2D eigenvalue weighted by Gasteiger charge is 2.31. The van der Waals surface area contributed by atoms with Gasteiger partial charge in [0.25, 0.3) is 0 Å². The Morgan fingerprint density at radius 1 is 1.07 bits per heavy atom. The van der Waals surface area contributed by atoms with Crippen molar-refractivity contribution in [3.05, 3.63) is 71.3 Å². The Balaban J connectivity index is 1.66. The Hall–Kier alpha value is -3.44. The van der Waals surface area contributed by atoms with Gasteiger partial charge in [0.15, 0.2) is 0 Å². The van der Waals surface area contributed by atoms with E-state index in [4.69, 9.17) is 5.73 Å². The first-order valence-corrected chi connectivity index (χ1v) is 13.5. The number of alkyl halides is 3. The van der Waals surface area contributed by atoms with Gasteiger partial charge in [-0.1, -0.05) is 42.5 Å². The number of rotatable bonds is 15. The summed E-state index contributed by atoms with van der Waals surface area (Å²) in [5, 5.41) is 11.9. The number of aryl methyl sites for hydroxylation is 1. The molecule has 0 spiro atoms. The molecule has 0 bridgehead atoms. The number of nitrogens with two attached hydrogens (primary N) is 1. The maximum atomic E-state index is 13.1. The highest BCUT2D eigenvalue weighted by atomic mass is 19.4. The van der Waals surface area contributed by atoms with E-state index in [1.54, 1.807) is 0 Å². The molecule has 11 heteroatoms. The van der Waals surface area contributed by atoms with Crippen molar-refractivity contribution >= 4 is 18.3 Å². The first-order chi connectivity index (χ1) is 19.1. The number of aliphatic carboxylic acids is 1. The number of hydrogen-bond acceptors (Lipinski definition) is 5. The Morgan fingerprint density at radius 3 is 2.35 bits per heavy atom. The fraction of sp³-hybridized carbons (Fsp3) is 0.483. The molecule has 3 atom stereocenters. The molecule has 0 aliphatic carbocycles. The van der Waals surface area contributed by atoms with E-state index in [-0.39, 0.29) is 38.0 Å². The number of carboxylic acid groups (broad SMARTS) is 1. The van der Waals surface area contributed by atoms with Crippen LogP contribution >= 0.6 is 0 Å². The molecule has 40 heavy (non-hydrogen) atoms. The van der Waals surface area contributed by atoms with Crippen LogP contribution in [0.25, 0.3) is 0 Å². The molecule has 0 saturated carbocycles. The zero-order valence-electron chi connectivity index (χ0n) is 22.4. The van der Waals surface area contributed by atoms with Gasteiger partial charge in [-0.25, -0.2) is 0 Å². The molecule has 0 aromatic heterocycles. The second-order valence-corrected chi connectivity index (χ2v) is 10.2. The fourth-order valence-electron chi connectivity index (χ4n) is 5.04. The van der Waals surface area contributed by atoms with Crippen LogP contribution in [0.4, 0.5) is 13.2 Å². The van der Waals surface area contributed by atoms with E-state index in [0.29, 0.717) is 18.4 Å². The average molecular weight is 563 g/mol. The van der Waals surface area contributed by atoms with Crippen LogP contribution in [-0.2, 0) is 33.5 Å². The average Bonchev–Trinajstić information content (AvgIpc) is 3.36. The molecular weight excluding hydrogens is 525 g/mol. The molecule has 2 unspecified atom stereocenters. The van der Waals surface area contributed by atoms with Crippen molar-refractivity contribution in [3.63, 3.8) is 0 Å². The highest BCUT2D eigenvalue weighted by molar-refractivity contribution is 5.84. The van der Waals surface area contributed by atoms with Crippen molar-refractivity contribution in [3.8, 4) is 0 Å². The summed E-state index contributed by atoms with van der Waals surface area (Å²) in [6.45, 7) is 1.78. The minimum atomic E-state index is -4.47. The van der Waals surface area contributed by atoms with Crippen molar-refractivity contribution in [1.29, 1.82) is 0 Å². The molecule has 4 N–H and O–H groups in total. The maximum Gasteiger partial charge on any atom is 0.416 e. The summed E-state index contributed by atoms with van der Waals surface area (Å²) in [7, 11) is 0. The Labute approximate surface area is 232 Å². The van der Waals surface area contributed by atoms with Crippen LogP contribution in [0.1, 0.15) is 48.8 Å². The Bertz CT molecular complexity index is 1100. The molecular formula is C29H37F3N4O4. The van der Waals surface area contributed by atoms with E-state index in [1.165, 1.54) is 22.6 Å². The van der Waals surface area contributed by atoms with Gasteiger partial charge in [0, 0.05) is 44.7 Å². The number of likely N-dealkylation sites (tertiary alicyclic amines) is 1. The quantitative estimate of drug-likeness (QED) is 0.287. The van der Waals surface area contributed by atoms with Gasteiger partial charge in [-0.05, 0) is 55.4 Å². The third kappa shape index (κ3) is 9.63. The van der Waals surface area contributed by atoms with Crippen LogP contribution in [0.3, 0.4) is 0 Å². The van der Waals surface area contributed by atoms with E-state index >= 15 is 0 Å². The first kappa shape index (κ1) is 31.1. The monoisotopic (exact) mass is 562 g/mol. The van der Waals surface area contributed by atoms with Gasteiger partial charge in [0.2, 0.25) is 12.3 Å². The van der Waals surface area contributed by atoms with Crippen molar-refractivity contribution in [2.45, 2.75) is 69.4 Å². The molecule has 1 heterocycles. The lowest BCUT2D eigenvalue weighted by molar-refractivity contribution is -0.139. The third-order valence-corrected chi connectivity index (χ3v) is 7.32. The van der Waals surface area contributed by atoms with Crippen LogP contribution in [0, 0.1) is 0 Å². The number of amides is 2. The lowest BCUT2D eigenvalue weighted by atomic mass is 10.0. The summed E-state index contributed by atoms with van der Waals surface area (Å²) >= 11 is 0. The van der Waals surface area contributed by atoms with Gasteiger partial charge in [-0.2, -0.15) is 13.2 Å². The van der Waals surface area contributed by atoms with E-state index in [0.717, 1.165) is 44.5 Å². The fourth-order valence-corrected chi connectivity index (χ4v) is 5.04. The van der Waals surface area contributed by atoms with Crippen molar-refractivity contribution in [2.24, 2.45) is 5.73 Å². The second-order valence-electron chi connectivity index (χ2n) is 10.2. The maximum absolute atomic E-state index is 13.1. The van der Waals surface area contributed by atoms with Crippen molar-refractivity contribution in [2.75, 3.05) is 19.6 Å². The number of carboxylic acids is 1. The standard InChI is InChI=1S/C29H37F3N4O4/c30-29(31,32)23-9-6-22(7-10-23)18-34-28(40)26(12-13-27(38)39)36(20-37)17-15-25(35-16-14-24(33)19-35)11-8-21-4-2-1-3-5-21/h1-7,9-10,20,24-26H,8,11-19,33H2,(H,34,40)(H,38,39)/t24?,25?,26-/m1/s1. The number of nitrogens with one attached hydrogen (secondary N) is 1. The number of halogens is 3. The molecule has 2 amide bonds. The zero-order valence-corrected chi connectivity index (χ0v) is 22.4. The lowest BCUT2D eigenvalue weighted by Gasteiger charge is -2.32. The van der Waals surface area contributed by atoms with Gasteiger partial charge in [-0.3, -0.25) is 19.3 Å². The molecule has 1 aliphatic heterocycles. The van der Waals surface area contributed by atoms with Gasteiger partial charge in [-0.15, -0.1) is 0 Å². The van der Waals surface area contributed by atoms with Crippen LogP contribution < -0.4 is 11.1 Å². The van der Waals surface area contributed by atoms with Gasteiger partial charge >= 0.3 is 12.1 Å². The molecule has 218 valence electrons. The highest BCUT2D eigenvalue weighted by Crippen LogP contribution is 2.29. The Morgan fingerprint density at radius 2 is 1.77 bits per heavy atom. The summed E-state index contributed by atoms with van der Waals surface area (Å²) in [5.41, 5.74) is 7.00. The van der Waals surface area contributed by atoms with E-state index in [9.17, 15) is 32.7 Å². The van der Waals surface area contributed by atoms with Crippen LogP contribution in [0.2, 0.25) is 0 Å².